The number of benzene rings is 2. The Kier molecular flexibility index (Phi) is 3.20. The summed E-state index contributed by atoms with van der Waals surface area (Å²) in [6.45, 7) is 1.97. The first-order valence-corrected chi connectivity index (χ1v) is 5.43. The van der Waals surface area contributed by atoms with E-state index in [1.165, 1.54) is 12.1 Å². The van der Waals surface area contributed by atoms with E-state index < -0.39 is 0 Å². The summed E-state index contributed by atoms with van der Waals surface area (Å²) in [4.78, 5) is 0. The Labute approximate surface area is 100 Å². The minimum atomic E-state index is -0.245. The van der Waals surface area contributed by atoms with Crippen LogP contribution in [0.25, 0.3) is 11.1 Å². The van der Waals surface area contributed by atoms with Gasteiger partial charge in [-0.15, -0.1) is 0 Å². The maximum absolute atomic E-state index is 13.1. The summed E-state index contributed by atoms with van der Waals surface area (Å²) in [5, 5.41) is 8.74. The van der Waals surface area contributed by atoms with Gasteiger partial charge in [0.2, 0.25) is 0 Å². The van der Waals surface area contributed by atoms with E-state index in [1.54, 1.807) is 6.07 Å². The zero-order chi connectivity index (χ0) is 12.3. The fourth-order valence-electron chi connectivity index (χ4n) is 1.79. The quantitative estimate of drug-likeness (QED) is 0.761. The van der Waals surface area contributed by atoms with Crippen molar-refractivity contribution in [3.05, 3.63) is 59.4 Å². The van der Waals surface area contributed by atoms with Crippen LogP contribution in [0.1, 0.15) is 11.1 Å². The first-order valence-electron chi connectivity index (χ1n) is 5.43. The maximum atomic E-state index is 13.1. The molecule has 0 saturated carbocycles. The van der Waals surface area contributed by atoms with E-state index in [-0.39, 0.29) is 5.82 Å². The second kappa shape index (κ2) is 4.80. The minimum absolute atomic E-state index is 0.245. The van der Waals surface area contributed by atoms with Gasteiger partial charge in [-0.25, -0.2) is 4.39 Å². The topological polar surface area (TPSA) is 23.8 Å². The average Bonchev–Trinajstić information content (AvgIpc) is 2.32. The lowest BCUT2D eigenvalue weighted by Crippen LogP contribution is -1.89. The van der Waals surface area contributed by atoms with E-state index in [9.17, 15) is 4.39 Å². The van der Waals surface area contributed by atoms with Crippen LogP contribution in [0.5, 0.6) is 0 Å². The van der Waals surface area contributed by atoms with E-state index in [2.05, 4.69) is 6.07 Å². The van der Waals surface area contributed by atoms with E-state index in [1.807, 2.05) is 31.2 Å². The third kappa shape index (κ3) is 2.51. The van der Waals surface area contributed by atoms with Gasteiger partial charge in [0.05, 0.1) is 12.5 Å². The van der Waals surface area contributed by atoms with Crippen molar-refractivity contribution in [1.29, 1.82) is 5.26 Å². The highest BCUT2D eigenvalue weighted by Crippen LogP contribution is 2.23. The van der Waals surface area contributed by atoms with Crippen molar-refractivity contribution in [3.8, 4) is 17.2 Å². The predicted molar refractivity (Wildman–Crippen MR) is 65.9 cm³/mol. The van der Waals surface area contributed by atoms with Crippen LogP contribution >= 0.6 is 0 Å². The molecule has 1 nitrogen and oxygen atoms in total. The fraction of sp³-hybridized carbons (Fsp3) is 0.133. The van der Waals surface area contributed by atoms with Crippen molar-refractivity contribution in [2.75, 3.05) is 0 Å². The fourth-order valence-corrected chi connectivity index (χ4v) is 1.79. The van der Waals surface area contributed by atoms with Gasteiger partial charge in [0.15, 0.2) is 0 Å². The molecule has 0 N–H and O–H groups in total. The molecule has 2 rings (SSSR count). The van der Waals surface area contributed by atoms with E-state index >= 15 is 0 Å². The number of hydrogen-bond acceptors (Lipinski definition) is 1. The Bertz CT molecular complexity index is 582. The van der Waals surface area contributed by atoms with Crippen molar-refractivity contribution >= 4 is 0 Å². The normalized spacial score (nSPS) is 9.94. The van der Waals surface area contributed by atoms with Gasteiger partial charge < -0.3 is 0 Å². The molecule has 0 aliphatic carbocycles. The third-order valence-electron chi connectivity index (χ3n) is 2.78. The molecule has 2 aromatic rings. The Morgan fingerprint density at radius 2 is 1.88 bits per heavy atom. The first kappa shape index (κ1) is 11.3. The molecule has 2 aromatic carbocycles. The van der Waals surface area contributed by atoms with Crippen molar-refractivity contribution in [2.24, 2.45) is 0 Å². The predicted octanol–water partition coefficient (Wildman–Crippen LogP) is 3.87. The van der Waals surface area contributed by atoms with Crippen molar-refractivity contribution < 1.29 is 4.39 Å². The highest BCUT2D eigenvalue weighted by molar-refractivity contribution is 5.65. The number of nitrogens with zero attached hydrogens (tertiary/aromatic N) is 1. The molecule has 2 heteroatoms. The van der Waals surface area contributed by atoms with Gasteiger partial charge >= 0.3 is 0 Å². The van der Waals surface area contributed by atoms with Crippen LogP contribution in [0.2, 0.25) is 0 Å². The number of rotatable bonds is 2. The molecule has 0 amide bonds. The summed E-state index contributed by atoms with van der Waals surface area (Å²) < 4.78 is 13.1. The van der Waals surface area contributed by atoms with Crippen LogP contribution in [0.4, 0.5) is 4.39 Å². The molecule has 0 radical (unpaired) electrons. The van der Waals surface area contributed by atoms with Gasteiger partial charge in [-0.05, 0) is 47.4 Å². The molecule has 0 aromatic heterocycles. The number of halogens is 1. The standard InChI is InChI=1S/C15H12FN/c1-11-5-6-14(9-12(11)7-8-17)13-3-2-4-15(16)10-13/h2-6,9-10H,7H2,1H3. The van der Waals surface area contributed by atoms with E-state index in [0.29, 0.717) is 6.42 Å². The molecule has 84 valence electrons. The molecule has 0 unspecified atom stereocenters. The molecule has 0 bridgehead atoms. The lowest BCUT2D eigenvalue weighted by atomic mass is 9.98. The van der Waals surface area contributed by atoms with Gasteiger partial charge in [-0.3, -0.25) is 0 Å². The summed E-state index contributed by atoms with van der Waals surface area (Å²) in [6, 6.07) is 14.5. The molecular weight excluding hydrogens is 213 g/mol. The third-order valence-corrected chi connectivity index (χ3v) is 2.78. The number of hydrogen-bond donors (Lipinski definition) is 0. The van der Waals surface area contributed by atoms with E-state index in [0.717, 1.165) is 22.3 Å². The summed E-state index contributed by atoms with van der Waals surface area (Å²) in [7, 11) is 0. The molecule has 0 atom stereocenters. The van der Waals surface area contributed by atoms with Crippen molar-refractivity contribution in [1.82, 2.24) is 0 Å². The monoisotopic (exact) mass is 225 g/mol. The van der Waals surface area contributed by atoms with Crippen molar-refractivity contribution in [2.45, 2.75) is 13.3 Å². The Morgan fingerprint density at radius 3 is 2.59 bits per heavy atom. The SMILES string of the molecule is Cc1ccc(-c2cccc(F)c2)cc1CC#N. The first-order chi connectivity index (χ1) is 8.20. The molecule has 0 aliphatic heterocycles. The number of nitriles is 1. The lowest BCUT2D eigenvalue weighted by Gasteiger charge is -2.06. The van der Waals surface area contributed by atoms with Gasteiger partial charge in [-0.1, -0.05) is 24.3 Å². The minimum Gasteiger partial charge on any atom is -0.207 e. The van der Waals surface area contributed by atoms with Gasteiger partial charge in [-0.2, -0.15) is 5.26 Å². The number of aryl methyl sites for hydroxylation is 1. The highest BCUT2D eigenvalue weighted by Gasteiger charge is 2.03. The van der Waals surface area contributed by atoms with Crippen LogP contribution in [0.15, 0.2) is 42.5 Å². The van der Waals surface area contributed by atoms with Crippen molar-refractivity contribution in [3.63, 3.8) is 0 Å². The molecule has 0 aliphatic rings. The van der Waals surface area contributed by atoms with Crippen LogP contribution in [0.3, 0.4) is 0 Å². The maximum Gasteiger partial charge on any atom is 0.123 e. The van der Waals surface area contributed by atoms with Crippen LogP contribution in [-0.4, -0.2) is 0 Å². The summed E-state index contributed by atoms with van der Waals surface area (Å²) >= 11 is 0. The summed E-state index contributed by atoms with van der Waals surface area (Å²) in [5.41, 5.74) is 3.87. The van der Waals surface area contributed by atoms with Crippen LogP contribution in [0, 0.1) is 24.1 Å². The van der Waals surface area contributed by atoms with Gasteiger partial charge in [0.25, 0.3) is 0 Å². The second-order valence-corrected chi connectivity index (χ2v) is 3.99. The molecular formula is C15H12FN. The average molecular weight is 225 g/mol. The zero-order valence-corrected chi connectivity index (χ0v) is 9.57. The summed E-state index contributed by atoms with van der Waals surface area (Å²) in [5.74, 6) is -0.245. The van der Waals surface area contributed by atoms with Gasteiger partial charge in [0.1, 0.15) is 5.82 Å². The highest BCUT2D eigenvalue weighted by atomic mass is 19.1. The Hall–Kier alpha value is -2.14. The molecule has 0 fully saturated rings. The lowest BCUT2D eigenvalue weighted by molar-refractivity contribution is 0.628. The Morgan fingerprint density at radius 1 is 1.12 bits per heavy atom. The largest absolute Gasteiger partial charge is 0.207 e. The molecule has 17 heavy (non-hydrogen) atoms. The smallest absolute Gasteiger partial charge is 0.123 e. The van der Waals surface area contributed by atoms with Gasteiger partial charge in [0, 0.05) is 0 Å². The van der Waals surface area contributed by atoms with Crippen LogP contribution in [-0.2, 0) is 6.42 Å². The zero-order valence-electron chi connectivity index (χ0n) is 9.57. The molecule has 0 saturated heterocycles. The summed E-state index contributed by atoms with van der Waals surface area (Å²) in [6.07, 6.45) is 0.384. The second-order valence-electron chi connectivity index (χ2n) is 3.99. The van der Waals surface area contributed by atoms with Crippen LogP contribution < -0.4 is 0 Å². The van der Waals surface area contributed by atoms with E-state index in [4.69, 9.17) is 5.26 Å². The molecule has 0 spiro atoms. The molecule has 0 heterocycles. The Balaban J connectivity index is 2.47.